The lowest BCUT2D eigenvalue weighted by molar-refractivity contribution is -0.384. The average Bonchev–Trinajstić information content (AvgIpc) is 2.82. The van der Waals surface area contributed by atoms with Gasteiger partial charge in [0.15, 0.2) is 5.78 Å². The number of hydrogen-bond acceptors (Lipinski definition) is 4. The van der Waals surface area contributed by atoms with Gasteiger partial charge in [-0.1, -0.05) is 38.1 Å². The molecule has 2 aromatic rings. The maximum absolute atomic E-state index is 12.3. The highest BCUT2D eigenvalue weighted by atomic mass is 16.6. The van der Waals surface area contributed by atoms with Gasteiger partial charge < -0.3 is 4.90 Å². The molecule has 0 saturated heterocycles. The molecular weight excluding hydrogens is 328 g/mol. The Hall–Kier alpha value is -3.21. The van der Waals surface area contributed by atoms with Crippen LogP contribution in [0.3, 0.4) is 0 Å². The lowest BCUT2D eigenvalue weighted by atomic mass is 9.84. The monoisotopic (exact) mass is 348 g/mol. The minimum absolute atomic E-state index is 0.0280. The molecule has 0 aromatic heterocycles. The number of carbonyl (C=O) groups is 1. The number of fused-ring (bicyclic) bond motifs is 1. The molecule has 3 rings (SSSR count). The molecule has 0 aliphatic carbocycles. The third-order valence-corrected chi connectivity index (χ3v) is 4.80. The van der Waals surface area contributed by atoms with Crippen LogP contribution in [0.25, 0.3) is 0 Å². The van der Waals surface area contributed by atoms with Crippen molar-refractivity contribution >= 4 is 17.2 Å². The zero-order valence-electron chi connectivity index (χ0n) is 15.0. The average molecular weight is 348 g/mol. The van der Waals surface area contributed by atoms with Gasteiger partial charge in [-0.15, -0.1) is 0 Å². The second-order valence-electron chi connectivity index (χ2n) is 6.78. The van der Waals surface area contributed by atoms with Gasteiger partial charge in [0.25, 0.3) is 5.69 Å². The lowest BCUT2D eigenvalue weighted by Crippen LogP contribution is -2.22. The Bertz CT molecular complexity index is 925. The van der Waals surface area contributed by atoms with Crippen LogP contribution in [0.15, 0.2) is 72.5 Å². The van der Waals surface area contributed by atoms with Crippen molar-refractivity contribution in [1.82, 2.24) is 0 Å². The number of hydrogen-bond donors (Lipinski definition) is 0. The van der Waals surface area contributed by atoms with Gasteiger partial charge in [-0.25, -0.2) is 0 Å². The summed E-state index contributed by atoms with van der Waals surface area (Å²) in [5.41, 5.74) is 3.77. The van der Waals surface area contributed by atoms with Crippen LogP contribution in [-0.2, 0) is 5.41 Å². The van der Waals surface area contributed by atoms with Gasteiger partial charge in [-0.3, -0.25) is 14.9 Å². The molecule has 1 heterocycles. The zero-order chi connectivity index (χ0) is 18.9. The van der Waals surface area contributed by atoms with Crippen molar-refractivity contribution < 1.29 is 9.72 Å². The summed E-state index contributed by atoms with van der Waals surface area (Å²) in [4.78, 5) is 24.6. The van der Waals surface area contributed by atoms with E-state index in [1.807, 2.05) is 25.3 Å². The van der Waals surface area contributed by atoms with Crippen LogP contribution in [0, 0.1) is 10.1 Å². The summed E-state index contributed by atoms with van der Waals surface area (Å²) in [5, 5.41) is 10.7. The molecule has 0 N–H and O–H groups in total. The number of rotatable bonds is 4. The minimum atomic E-state index is -0.482. The van der Waals surface area contributed by atoms with Crippen molar-refractivity contribution in [2.24, 2.45) is 0 Å². The smallest absolute Gasteiger partial charge is 0.269 e. The van der Waals surface area contributed by atoms with E-state index in [0.29, 0.717) is 5.56 Å². The molecule has 1 aliphatic heterocycles. The quantitative estimate of drug-likeness (QED) is 0.349. The van der Waals surface area contributed by atoms with E-state index < -0.39 is 4.92 Å². The largest absolute Gasteiger partial charge is 0.347 e. The van der Waals surface area contributed by atoms with Gasteiger partial charge in [0, 0.05) is 41.5 Å². The molecule has 0 spiro atoms. The number of ketones is 1. The molecule has 0 radical (unpaired) electrons. The van der Waals surface area contributed by atoms with Gasteiger partial charge in [-0.2, -0.15) is 0 Å². The van der Waals surface area contributed by atoms with Crippen LogP contribution < -0.4 is 4.90 Å². The van der Waals surface area contributed by atoms with E-state index in [1.165, 1.54) is 41.6 Å². The molecule has 1 aliphatic rings. The van der Waals surface area contributed by atoms with Crippen molar-refractivity contribution in [1.29, 1.82) is 0 Å². The van der Waals surface area contributed by atoms with Gasteiger partial charge in [0.1, 0.15) is 0 Å². The SMILES string of the molecule is CN1/C(=C/C=C/C(=O)c2ccc([N+](=O)[O-])cc2)C(C)(C)c2ccccc21. The van der Waals surface area contributed by atoms with Gasteiger partial charge in [0.05, 0.1) is 4.92 Å². The molecule has 2 aromatic carbocycles. The van der Waals surface area contributed by atoms with Crippen molar-refractivity contribution in [3.05, 3.63) is 93.7 Å². The van der Waals surface area contributed by atoms with E-state index in [9.17, 15) is 14.9 Å². The highest BCUT2D eigenvalue weighted by molar-refractivity contribution is 6.04. The summed E-state index contributed by atoms with van der Waals surface area (Å²) in [6.45, 7) is 4.32. The molecule has 5 nitrogen and oxygen atoms in total. The Balaban J connectivity index is 1.81. The number of anilines is 1. The van der Waals surface area contributed by atoms with E-state index in [-0.39, 0.29) is 16.9 Å². The summed E-state index contributed by atoms with van der Waals surface area (Å²) < 4.78 is 0. The Labute approximate surface area is 152 Å². The van der Waals surface area contributed by atoms with Gasteiger partial charge >= 0.3 is 0 Å². The first-order valence-corrected chi connectivity index (χ1v) is 8.33. The predicted octanol–water partition coefficient (Wildman–Crippen LogP) is 4.65. The van der Waals surface area contributed by atoms with Crippen molar-refractivity contribution in [3.8, 4) is 0 Å². The molecule has 0 saturated carbocycles. The molecule has 5 heteroatoms. The summed E-state index contributed by atoms with van der Waals surface area (Å²) in [6.07, 6.45) is 5.17. The fourth-order valence-corrected chi connectivity index (χ4v) is 3.37. The maximum atomic E-state index is 12.3. The Morgan fingerprint density at radius 3 is 2.38 bits per heavy atom. The summed E-state index contributed by atoms with van der Waals surface area (Å²) in [6, 6.07) is 13.9. The number of nitrogens with zero attached hydrogens (tertiary/aromatic N) is 2. The van der Waals surface area contributed by atoms with Crippen LogP contribution in [-0.4, -0.2) is 17.8 Å². The van der Waals surface area contributed by atoms with Crippen molar-refractivity contribution in [2.75, 3.05) is 11.9 Å². The second-order valence-corrected chi connectivity index (χ2v) is 6.78. The van der Waals surface area contributed by atoms with E-state index in [2.05, 4.69) is 30.9 Å². The highest BCUT2D eigenvalue weighted by Gasteiger charge is 2.37. The first-order chi connectivity index (χ1) is 12.3. The minimum Gasteiger partial charge on any atom is -0.347 e. The fraction of sp³-hybridized carbons (Fsp3) is 0.190. The standard InChI is InChI=1S/C21H20N2O3/c1-21(2)17-7-4-5-8-18(17)22(3)20(21)10-6-9-19(24)15-11-13-16(14-12-15)23(25)26/h4-14H,1-3H3/b9-6+,20-10+. The van der Waals surface area contributed by atoms with E-state index in [0.717, 1.165) is 5.70 Å². The summed E-state index contributed by atoms with van der Waals surface area (Å²) in [7, 11) is 2.02. The molecule has 0 amide bonds. The van der Waals surface area contributed by atoms with Gasteiger partial charge in [-0.05, 0) is 35.9 Å². The second kappa shape index (κ2) is 6.59. The molecule has 132 valence electrons. The molecule has 0 unspecified atom stereocenters. The van der Waals surface area contributed by atoms with Gasteiger partial charge in [0.2, 0.25) is 0 Å². The van der Waals surface area contributed by atoms with Crippen molar-refractivity contribution in [3.63, 3.8) is 0 Å². The molecule has 26 heavy (non-hydrogen) atoms. The predicted molar refractivity (Wildman–Crippen MR) is 103 cm³/mol. The number of carbonyl (C=O) groups excluding carboxylic acids is 1. The zero-order valence-corrected chi connectivity index (χ0v) is 15.0. The topological polar surface area (TPSA) is 63.5 Å². The summed E-state index contributed by atoms with van der Waals surface area (Å²) >= 11 is 0. The highest BCUT2D eigenvalue weighted by Crippen LogP contribution is 2.46. The molecular formula is C21H20N2O3. The summed E-state index contributed by atoms with van der Waals surface area (Å²) in [5.74, 6) is -0.187. The number of para-hydroxylation sites is 1. The number of nitro groups is 1. The molecule has 0 bridgehead atoms. The van der Waals surface area contributed by atoms with Crippen LogP contribution in [0.1, 0.15) is 29.8 Å². The molecule has 0 fully saturated rings. The fourth-order valence-electron chi connectivity index (χ4n) is 3.37. The van der Waals surface area contributed by atoms with E-state index >= 15 is 0 Å². The number of nitro benzene ring substituents is 1. The van der Waals surface area contributed by atoms with E-state index in [4.69, 9.17) is 0 Å². The number of likely N-dealkylation sites (N-methyl/N-ethyl adjacent to an activating group) is 1. The lowest BCUT2D eigenvalue weighted by Gasteiger charge is -2.23. The van der Waals surface area contributed by atoms with Crippen LogP contribution in [0.5, 0.6) is 0 Å². The Kier molecular flexibility index (Phi) is 4.47. The van der Waals surface area contributed by atoms with Crippen LogP contribution in [0.4, 0.5) is 11.4 Å². The third kappa shape index (κ3) is 3.04. The first kappa shape index (κ1) is 17.6. The van der Waals surface area contributed by atoms with Crippen molar-refractivity contribution in [2.45, 2.75) is 19.3 Å². The Morgan fingerprint density at radius 2 is 1.77 bits per heavy atom. The molecule has 0 atom stereocenters. The third-order valence-electron chi connectivity index (χ3n) is 4.80. The number of allylic oxidation sites excluding steroid dienone is 4. The van der Waals surface area contributed by atoms with E-state index in [1.54, 1.807) is 6.08 Å². The maximum Gasteiger partial charge on any atom is 0.269 e. The number of benzene rings is 2. The van der Waals surface area contributed by atoms with Crippen LogP contribution in [0.2, 0.25) is 0 Å². The first-order valence-electron chi connectivity index (χ1n) is 8.33. The Morgan fingerprint density at radius 1 is 1.12 bits per heavy atom. The normalized spacial score (nSPS) is 16.9. The van der Waals surface area contributed by atoms with Crippen LogP contribution >= 0.6 is 0 Å². The number of non-ortho nitro benzene ring substituents is 1.